The molecule has 0 unspecified atom stereocenters. The number of carbonyl (C=O) groups excluding carboxylic acids is 1. The molecule has 1 fully saturated rings. The van der Waals surface area contributed by atoms with E-state index in [9.17, 15) is 4.79 Å². The van der Waals surface area contributed by atoms with Gasteiger partial charge in [0.1, 0.15) is 5.82 Å². The lowest BCUT2D eigenvalue weighted by Gasteiger charge is -2.33. The Morgan fingerprint density at radius 2 is 1.19 bits per heavy atom. The monoisotopic (exact) mass is 514 g/mol. The molecule has 0 radical (unpaired) electrons. The maximum Gasteiger partial charge on any atom is 0.414 e. The lowest BCUT2D eigenvalue weighted by molar-refractivity contribution is -0.159. The number of piperazine rings is 1. The van der Waals surface area contributed by atoms with Crippen LogP contribution in [0.4, 0.5) is 0 Å². The first kappa shape index (κ1) is 28.6. The van der Waals surface area contributed by atoms with Gasteiger partial charge in [-0.2, -0.15) is 0 Å². The number of aliphatic carboxylic acids is 4. The first-order chi connectivity index (χ1) is 17.6. The topological polar surface area (TPSA) is 201 Å². The number of aromatic amines is 1. The summed E-state index contributed by atoms with van der Waals surface area (Å²) in [5.41, 5.74) is 2.90. The second-order valence-corrected chi connectivity index (χ2v) is 7.76. The Kier molecular flexibility index (Phi) is 10.9. The molecule has 1 aliphatic heterocycles. The zero-order valence-electron chi connectivity index (χ0n) is 19.6. The average molecular weight is 514 g/mol. The van der Waals surface area contributed by atoms with Crippen molar-refractivity contribution in [2.24, 2.45) is 0 Å². The van der Waals surface area contributed by atoms with Crippen LogP contribution in [0.2, 0.25) is 0 Å². The van der Waals surface area contributed by atoms with Crippen LogP contribution in [0.5, 0.6) is 0 Å². The van der Waals surface area contributed by atoms with Crippen molar-refractivity contribution in [2.75, 3.05) is 32.7 Å². The summed E-state index contributed by atoms with van der Waals surface area (Å²) in [6, 6.07) is 17.7. The molecule has 0 amide bonds. The Bertz CT molecular complexity index is 1150. The first-order valence-electron chi connectivity index (χ1n) is 11.0. The number of nitrogens with one attached hydrogen (secondary N) is 1. The van der Waals surface area contributed by atoms with Crippen LogP contribution in [0.3, 0.4) is 0 Å². The number of rotatable bonds is 5. The van der Waals surface area contributed by atoms with Crippen molar-refractivity contribution in [3.8, 4) is 0 Å². The van der Waals surface area contributed by atoms with Crippen molar-refractivity contribution >= 4 is 40.7 Å². The van der Waals surface area contributed by atoms with Crippen molar-refractivity contribution in [3.05, 3.63) is 66.0 Å². The predicted octanol–water partition coefficient (Wildman–Crippen LogP) is 0.875. The van der Waals surface area contributed by atoms with Gasteiger partial charge < -0.3 is 25.4 Å². The van der Waals surface area contributed by atoms with Crippen LogP contribution in [-0.2, 0) is 25.7 Å². The zero-order valence-corrected chi connectivity index (χ0v) is 19.6. The van der Waals surface area contributed by atoms with Gasteiger partial charge in [-0.15, -0.1) is 0 Å². The minimum atomic E-state index is -1.82. The van der Waals surface area contributed by atoms with Gasteiger partial charge >= 0.3 is 23.9 Å². The Morgan fingerprint density at radius 1 is 0.703 bits per heavy atom. The summed E-state index contributed by atoms with van der Waals surface area (Å²) in [7, 11) is 0. The molecule has 196 valence electrons. The number of nitrogens with zero attached hydrogens (tertiary/aromatic N) is 3. The molecular weight excluding hydrogens is 488 g/mol. The number of aromatic nitrogens is 2. The largest absolute Gasteiger partial charge is 0.473 e. The average Bonchev–Trinajstić information content (AvgIpc) is 3.28. The number of carbonyl (C=O) groups is 5. The molecule has 0 aliphatic carbocycles. The lowest BCUT2D eigenvalue weighted by Crippen LogP contribution is -2.47. The number of ketones is 1. The summed E-state index contributed by atoms with van der Waals surface area (Å²) < 4.78 is 0. The van der Waals surface area contributed by atoms with Crippen molar-refractivity contribution in [1.29, 1.82) is 0 Å². The van der Waals surface area contributed by atoms with E-state index in [1.54, 1.807) is 0 Å². The Labute approximate surface area is 210 Å². The molecule has 2 heterocycles. The second kappa shape index (κ2) is 14.1. The van der Waals surface area contributed by atoms with Gasteiger partial charge in [-0.25, -0.2) is 24.2 Å². The molecule has 13 nitrogen and oxygen atoms in total. The van der Waals surface area contributed by atoms with Gasteiger partial charge in [-0.05, 0) is 12.1 Å². The number of para-hydroxylation sites is 2. The molecule has 4 rings (SSSR count). The molecule has 5 N–H and O–H groups in total. The van der Waals surface area contributed by atoms with Gasteiger partial charge in [0.05, 0.1) is 24.1 Å². The summed E-state index contributed by atoms with van der Waals surface area (Å²) in [5, 5.41) is 29.6. The molecular formula is C24H26N4O9. The van der Waals surface area contributed by atoms with Crippen molar-refractivity contribution in [3.63, 3.8) is 0 Å². The quantitative estimate of drug-likeness (QED) is 0.238. The summed E-state index contributed by atoms with van der Waals surface area (Å²) >= 11 is 0. The number of H-pyrrole nitrogens is 1. The van der Waals surface area contributed by atoms with E-state index in [0.717, 1.165) is 55.1 Å². The van der Waals surface area contributed by atoms with E-state index in [4.69, 9.17) is 39.6 Å². The molecule has 1 saturated heterocycles. The molecule has 0 spiro atoms. The van der Waals surface area contributed by atoms with Crippen molar-refractivity contribution in [1.82, 2.24) is 19.8 Å². The molecule has 0 bridgehead atoms. The molecule has 2 aromatic carbocycles. The summed E-state index contributed by atoms with van der Waals surface area (Å²) in [6.45, 7) is 5.08. The third-order valence-electron chi connectivity index (χ3n) is 5.11. The smallest absolute Gasteiger partial charge is 0.414 e. The van der Waals surface area contributed by atoms with Crippen LogP contribution in [0.15, 0.2) is 54.6 Å². The summed E-state index contributed by atoms with van der Waals surface area (Å²) in [4.78, 5) is 61.4. The molecule has 1 aromatic heterocycles. The maximum absolute atomic E-state index is 12.3. The van der Waals surface area contributed by atoms with E-state index in [0.29, 0.717) is 6.54 Å². The predicted molar refractivity (Wildman–Crippen MR) is 129 cm³/mol. The number of carboxylic acids is 4. The van der Waals surface area contributed by atoms with E-state index < -0.39 is 23.9 Å². The normalized spacial score (nSPS) is 13.4. The third-order valence-corrected chi connectivity index (χ3v) is 5.11. The van der Waals surface area contributed by atoms with Crippen LogP contribution >= 0.6 is 0 Å². The third kappa shape index (κ3) is 9.87. The van der Waals surface area contributed by atoms with E-state index >= 15 is 0 Å². The van der Waals surface area contributed by atoms with Crippen LogP contribution in [0.1, 0.15) is 16.2 Å². The highest BCUT2D eigenvalue weighted by molar-refractivity contribution is 6.27. The van der Waals surface area contributed by atoms with Crippen LogP contribution in [0, 0.1) is 0 Å². The zero-order chi connectivity index (χ0) is 27.4. The highest BCUT2D eigenvalue weighted by atomic mass is 16.4. The summed E-state index contributed by atoms with van der Waals surface area (Å²) in [6.07, 6.45) is 0. The van der Waals surface area contributed by atoms with Gasteiger partial charge in [-0.1, -0.05) is 42.5 Å². The Morgan fingerprint density at radius 3 is 1.70 bits per heavy atom. The van der Waals surface area contributed by atoms with Crippen LogP contribution in [0.25, 0.3) is 11.0 Å². The minimum Gasteiger partial charge on any atom is -0.473 e. The number of Topliss-reactive ketones (excluding diaryl/α,β-unsaturated/α-hetero) is 1. The van der Waals surface area contributed by atoms with Crippen molar-refractivity contribution < 1.29 is 44.4 Å². The van der Waals surface area contributed by atoms with Gasteiger partial charge in [-0.3, -0.25) is 14.6 Å². The standard InChI is InChI=1S/C20H22N4O.2C2H2O4/c25-19(16-6-2-1-3-7-16)14-23-10-12-24(13-11-23)15-20-21-17-8-4-5-9-18(17)22-20;2*3-1(4)2(5)6/h1-9H,10-15H2,(H,21,22);2*(H,3,4)(H,5,6). The number of carboxylic acid groups (broad SMARTS) is 4. The first-order valence-corrected chi connectivity index (χ1v) is 11.0. The van der Waals surface area contributed by atoms with Gasteiger partial charge in [0.25, 0.3) is 0 Å². The maximum atomic E-state index is 12.3. The van der Waals surface area contributed by atoms with Gasteiger partial charge in [0.2, 0.25) is 0 Å². The second-order valence-electron chi connectivity index (χ2n) is 7.76. The molecule has 37 heavy (non-hydrogen) atoms. The van der Waals surface area contributed by atoms with Crippen LogP contribution in [-0.4, -0.2) is 103 Å². The van der Waals surface area contributed by atoms with Gasteiger partial charge in [0, 0.05) is 31.7 Å². The van der Waals surface area contributed by atoms with Crippen LogP contribution < -0.4 is 0 Å². The molecule has 0 atom stereocenters. The minimum absolute atomic E-state index is 0.200. The molecule has 0 saturated carbocycles. The summed E-state index contributed by atoms with van der Waals surface area (Å²) in [5.74, 6) is -6.09. The highest BCUT2D eigenvalue weighted by Gasteiger charge is 2.20. The van der Waals surface area contributed by atoms with E-state index in [1.165, 1.54) is 0 Å². The number of fused-ring (bicyclic) bond motifs is 1. The molecule has 1 aliphatic rings. The molecule has 13 heteroatoms. The number of hydrogen-bond donors (Lipinski definition) is 5. The fourth-order valence-electron chi connectivity index (χ4n) is 3.32. The SMILES string of the molecule is O=C(CN1CCN(Cc2nc3ccccc3[nH]2)CC1)c1ccccc1.O=C(O)C(=O)O.O=C(O)C(=O)O. The lowest BCUT2D eigenvalue weighted by atomic mass is 10.1. The van der Waals surface area contributed by atoms with Gasteiger partial charge in [0.15, 0.2) is 5.78 Å². The number of benzene rings is 2. The van der Waals surface area contributed by atoms with E-state index in [2.05, 4.69) is 25.8 Å². The van der Waals surface area contributed by atoms with Crippen molar-refractivity contribution in [2.45, 2.75) is 6.54 Å². The number of imidazole rings is 1. The van der Waals surface area contributed by atoms with E-state index in [-0.39, 0.29) is 5.78 Å². The Balaban J connectivity index is 0.000000336. The number of hydrogen-bond acceptors (Lipinski definition) is 8. The fourth-order valence-corrected chi connectivity index (χ4v) is 3.32. The Hall–Kier alpha value is -4.62. The van der Waals surface area contributed by atoms with E-state index in [1.807, 2.05) is 48.5 Å². The highest BCUT2D eigenvalue weighted by Crippen LogP contribution is 2.13. The fraction of sp³-hybridized carbons (Fsp3) is 0.250. The molecule has 3 aromatic rings.